The molecule has 0 N–H and O–H groups in total. The van der Waals surface area contributed by atoms with E-state index < -0.39 is 0 Å². The first kappa shape index (κ1) is 20.3. The number of Topliss-reactive ketones (excluding diaryl/α,β-unsaturated/α-hetero) is 1. The van der Waals surface area contributed by atoms with E-state index in [1.165, 1.54) is 0 Å². The number of nitrogens with zero attached hydrogens (tertiary/aromatic N) is 2. The van der Waals surface area contributed by atoms with Crippen LogP contribution in [0.1, 0.15) is 54.4 Å². The maximum Gasteiger partial charge on any atom is 0.223 e. The lowest BCUT2D eigenvalue weighted by molar-refractivity contribution is -0.137. The van der Waals surface area contributed by atoms with Gasteiger partial charge in [0.15, 0.2) is 5.78 Å². The number of likely N-dealkylation sites (tertiary alicyclic amines) is 2. The predicted molar refractivity (Wildman–Crippen MR) is 115 cm³/mol. The number of amides is 2. The molecule has 2 heterocycles. The van der Waals surface area contributed by atoms with Gasteiger partial charge in [0, 0.05) is 50.0 Å². The summed E-state index contributed by atoms with van der Waals surface area (Å²) in [7, 11) is 0. The number of benzene rings is 2. The summed E-state index contributed by atoms with van der Waals surface area (Å²) in [4.78, 5) is 41.4. The van der Waals surface area contributed by atoms with Gasteiger partial charge in [-0.05, 0) is 24.8 Å². The van der Waals surface area contributed by atoms with Gasteiger partial charge < -0.3 is 9.80 Å². The van der Waals surface area contributed by atoms with Crippen molar-refractivity contribution in [3.63, 3.8) is 0 Å². The third kappa shape index (κ3) is 4.30. The van der Waals surface area contributed by atoms with Crippen LogP contribution in [0.4, 0.5) is 0 Å². The number of piperidine rings is 1. The Labute approximate surface area is 177 Å². The number of hydrogen-bond acceptors (Lipinski definition) is 3. The Bertz CT molecular complexity index is 903. The van der Waals surface area contributed by atoms with Gasteiger partial charge in [-0.25, -0.2) is 0 Å². The summed E-state index contributed by atoms with van der Waals surface area (Å²) in [5.74, 6) is 0.257. The molecular weight excluding hydrogens is 376 g/mol. The maximum atomic E-state index is 12.7. The first-order valence-corrected chi connectivity index (χ1v) is 10.8. The van der Waals surface area contributed by atoms with Crippen LogP contribution in [0.15, 0.2) is 60.7 Å². The number of rotatable bonds is 6. The van der Waals surface area contributed by atoms with Gasteiger partial charge >= 0.3 is 0 Å². The van der Waals surface area contributed by atoms with Crippen molar-refractivity contribution in [1.82, 2.24) is 9.80 Å². The van der Waals surface area contributed by atoms with Crippen molar-refractivity contribution in [3.05, 3.63) is 71.8 Å². The van der Waals surface area contributed by atoms with Crippen molar-refractivity contribution in [2.45, 2.75) is 50.6 Å². The second kappa shape index (κ2) is 8.82. The molecule has 0 unspecified atom stereocenters. The van der Waals surface area contributed by atoms with E-state index >= 15 is 0 Å². The van der Waals surface area contributed by atoms with Gasteiger partial charge in [0.25, 0.3) is 0 Å². The second-order valence-electron chi connectivity index (χ2n) is 8.36. The van der Waals surface area contributed by atoms with Gasteiger partial charge in [0.2, 0.25) is 11.8 Å². The molecule has 2 amide bonds. The smallest absolute Gasteiger partial charge is 0.223 e. The van der Waals surface area contributed by atoms with Crippen LogP contribution in [0.25, 0.3) is 0 Å². The SMILES string of the molecule is O=C(CCC(=O)N1CCC2(CCC(=O)N2Cc2ccccc2)CC1)c1ccccc1. The normalized spacial score (nSPS) is 18.1. The van der Waals surface area contributed by atoms with Gasteiger partial charge in [-0.1, -0.05) is 60.7 Å². The Balaban J connectivity index is 1.32. The molecule has 2 aromatic rings. The molecule has 30 heavy (non-hydrogen) atoms. The number of carbonyl (C=O) groups is 3. The highest BCUT2D eigenvalue weighted by Gasteiger charge is 2.47. The standard InChI is InChI=1S/C25H28N2O3/c28-22(21-9-5-2-6-10-21)11-12-23(29)26-17-15-25(16-18-26)14-13-24(30)27(25)19-20-7-3-1-4-8-20/h1-10H,11-19H2. The second-order valence-corrected chi connectivity index (χ2v) is 8.36. The van der Waals surface area contributed by atoms with Crippen molar-refractivity contribution in [3.8, 4) is 0 Å². The summed E-state index contributed by atoms with van der Waals surface area (Å²) in [6.45, 7) is 1.94. The monoisotopic (exact) mass is 404 g/mol. The van der Waals surface area contributed by atoms with E-state index in [0.29, 0.717) is 31.6 Å². The summed E-state index contributed by atoms with van der Waals surface area (Å²) in [5, 5.41) is 0. The topological polar surface area (TPSA) is 57.7 Å². The molecule has 156 valence electrons. The van der Waals surface area contributed by atoms with Gasteiger partial charge in [0.1, 0.15) is 0 Å². The zero-order valence-electron chi connectivity index (χ0n) is 17.3. The van der Waals surface area contributed by atoms with Gasteiger partial charge in [0.05, 0.1) is 0 Å². The molecule has 5 heteroatoms. The molecule has 5 nitrogen and oxygen atoms in total. The molecule has 4 rings (SSSR count). The molecule has 0 aromatic heterocycles. The van der Waals surface area contributed by atoms with Crippen LogP contribution < -0.4 is 0 Å². The Morgan fingerprint density at radius 3 is 2.13 bits per heavy atom. The van der Waals surface area contributed by atoms with Gasteiger partial charge in [-0.15, -0.1) is 0 Å². The quantitative estimate of drug-likeness (QED) is 0.688. The molecule has 0 saturated carbocycles. The zero-order valence-corrected chi connectivity index (χ0v) is 17.3. The minimum atomic E-state index is -0.135. The molecular formula is C25H28N2O3. The number of carbonyl (C=O) groups excluding carboxylic acids is 3. The van der Waals surface area contributed by atoms with E-state index in [2.05, 4.69) is 12.1 Å². The Morgan fingerprint density at radius 2 is 1.47 bits per heavy atom. The molecule has 0 radical (unpaired) electrons. The minimum absolute atomic E-state index is 0.00727. The van der Waals surface area contributed by atoms with Crippen LogP contribution in [0, 0.1) is 0 Å². The van der Waals surface area contributed by atoms with E-state index in [1.807, 2.05) is 46.2 Å². The van der Waals surface area contributed by atoms with E-state index in [0.717, 1.165) is 24.8 Å². The van der Waals surface area contributed by atoms with Crippen molar-refractivity contribution >= 4 is 17.6 Å². The summed E-state index contributed by atoms with van der Waals surface area (Å²) >= 11 is 0. The van der Waals surface area contributed by atoms with Crippen LogP contribution in [0.3, 0.4) is 0 Å². The summed E-state index contributed by atoms with van der Waals surface area (Å²) in [6, 6.07) is 19.2. The van der Waals surface area contributed by atoms with E-state index in [-0.39, 0.29) is 36.0 Å². The van der Waals surface area contributed by atoms with Crippen molar-refractivity contribution < 1.29 is 14.4 Å². The third-order valence-corrected chi connectivity index (χ3v) is 6.57. The molecule has 2 aliphatic heterocycles. The Kier molecular flexibility index (Phi) is 5.98. The molecule has 2 saturated heterocycles. The third-order valence-electron chi connectivity index (χ3n) is 6.57. The zero-order chi connectivity index (χ0) is 21.0. The molecule has 2 aromatic carbocycles. The lowest BCUT2D eigenvalue weighted by Gasteiger charge is -2.45. The lowest BCUT2D eigenvalue weighted by Crippen LogP contribution is -2.53. The number of hydrogen-bond donors (Lipinski definition) is 0. The van der Waals surface area contributed by atoms with Crippen LogP contribution in [-0.2, 0) is 16.1 Å². The van der Waals surface area contributed by atoms with Crippen molar-refractivity contribution in [2.75, 3.05) is 13.1 Å². The fourth-order valence-electron chi connectivity index (χ4n) is 4.74. The molecule has 2 aliphatic rings. The Hall–Kier alpha value is -2.95. The Morgan fingerprint density at radius 1 is 0.833 bits per heavy atom. The van der Waals surface area contributed by atoms with Crippen LogP contribution in [0.2, 0.25) is 0 Å². The fraction of sp³-hybridized carbons (Fsp3) is 0.400. The molecule has 1 spiro atoms. The van der Waals surface area contributed by atoms with Crippen molar-refractivity contribution in [2.24, 2.45) is 0 Å². The molecule has 2 fully saturated rings. The van der Waals surface area contributed by atoms with E-state index in [9.17, 15) is 14.4 Å². The first-order valence-electron chi connectivity index (χ1n) is 10.8. The van der Waals surface area contributed by atoms with Crippen LogP contribution >= 0.6 is 0 Å². The maximum absolute atomic E-state index is 12.7. The summed E-state index contributed by atoms with van der Waals surface area (Å²) < 4.78 is 0. The fourth-order valence-corrected chi connectivity index (χ4v) is 4.74. The van der Waals surface area contributed by atoms with Gasteiger partial charge in [-0.3, -0.25) is 14.4 Å². The summed E-state index contributed by atoms with van der Waals surface area (Å²) in [5.41, 5.74) is 1.66. The highest BCUT2D eigenvalue weighted by Crippen LogP contribution is 2.40. The van der Waals surface area contributed by atoms with E-state index in [4.69, 9.17) is 0 Å². The predicted octanol–water partition coefficient (Wildman–Crippen LogP) is 3.83. The number of ketones is 1. The average molecular weight is 405 g/mol. The highest BCUT2D eigenvalue weighted by molar-refractivity contribution is 5.97. The summed E-state index contributed by atoms with van der Waals surface area (Å²) in [6.07, 6.45) is 3.56. The van der Waals surface area contributed by atoms with Crippen LogP contribution in [-0.4, -0.2) is 46.0 Å². The molecule has 0 aliphatic carbocycles. The molecule has 0 atom stereocenters. The lowest BCUT2D eigenvalue weighted by atomic mass is 9.84. The van der Waals surface area contributed by atoms with Crippen molar-refractivity contribution in [1.29, 1.82) is 0 Å². The van der Waals surface area contributed by atoms with E-state index in [1.54, 1.807) is 12.1 Å². The average Bonchev–Trinajstić information content (AvgIpc) is 3.08. The molecule has 0 bridgehead atoms. The first-order chi connectivity index (χ1) is 14.6. The van der Waals surface area contributed by atoms with Crippen LogP contribution in [0.5, 0.6) is 0 Å². The van der Waals surface area contributed by atoms with Gasteiger partial charge in [-0.2, -0.15) is 0 Å². The highest BCUT2D eigenvalue weighted by atomic mass is 16.2. The largest absolute Gasteiger partial charge is 0.343 e. The minimum Gasteiger partial charge on any atom is -0.343 e.